The zero-order valence-electron chi connectivity index (χ0n) is 10.4. The van der Waals surface area contributed by atoms with Gasteiger partial charge in [0.15, 0.2) is 5.78 Å². The van der Waals surface area contributed by atoms with Crippen molar-refractivity contribution in [3.63, 3.8) is 0 Å². The number of Topliss-reactive ketones (excluding diaryl/α,β-unsaturated/α-hetero) is 1. The number of hydrogen-bond donors (Lipinski definition) is 0. The summed E-state index contributed by atoms with van der Waals surface area (Å²) in [6.07, 6.45) is 1.44. The molecule has 0 spiro atoms. The number of benzene rings is 1. The molecule has 0 amide bonds. The molecule has 0 aliphatic heterocycles. The maximum absolute atomic E-state index is 11.7. The van der Waals surface area contributed by atoms with Crippen LogP contribution in [0.5, 0.6) is 0 Å². The van der Waals surface area contributed by atoms with E-state index >= 15 is 0 Å². The second kappa shape index (κ2) is 6.44. The van der Waals surface area contributed by atoms with E-state index in [4.69, 9.17) is 4.74 Å². The van der Waals surface area contributed by atoms with Crippen molar-refractivity contribution in [2.45, 2.75) is 33.6 Å². The van der Waals surface area contributed by atoms with E-state index in [1.807, 2.05) is 39.0 Å². The van der Waals surface area contributed by atoms with Crippen LogP contribution in [0, 0.1) is 13.8 Å². The molecule has 0 radical (unpaired) electrons. The number of rotatable bonds is 6. The van der Waals surface area contributed by atoms with Gasteiger partial charge in [0.05, 0.1) is 0 Å². The zero-order valence-corrected chi connectivity index (χ0v) is 10.4. The van der Waals surface area contributed by atoms with Gasteiger partial charge in [0.2, 0.25) is 0 Å². The second-order valence-corrected chi connectivity index (χ2v) is 4.14. The summed E-state index contributed by atoms with van der Waals surface area (Å²) in [6.45, 7) is 7.03. The number of carbonyl (C=O) groups excluding carboxylic acids is 1. The van der Waals surface area contributed by atoms with Crippen LogP contribution in [0.2, 0.25) is 0 Å². The third-order valence-electron chi connectivity index (χ3n) is 2.63. The molecule has 0 fully saturated rings. The van der Waals surface area contributed by atoms with E-state index in [-0.39, 0.29) is 12.4 Å². The van der Waals surface area contributed by atoms with Crippen LogP contribution in [0.15, 0.2) is 18.2 Å². The third kappa shape index (κ3) is 3.78. The molecule has 0 unspecified atom stereocenters. The number of hydrogen-bond acceptors (Lipinski definition) is 2. The van der Waals surface area contributed by atoms with Crippen LogP contribution in [-0.4, -0.2) is 19.0 Å². The van der Waals surface area contributed by atoms with Crippen molar-refractivity contribution in [1.29, 1.82) is 0 Å². The fourth-order valence-electron chi connectivity index (χ4n) is 1.71. The van der Waals surface area contributed by atoms with Gasteiger partial charge in [-0.15, -0.1) is 0 Å². The topological polar surface area (TPSA) is 26.3 Å². The van der Waals surface area contributed by atoms with Crippen molar-refractivity contribution in [2.75, 3.05) is 13.2 Å². The third-order valence-corrected chi connectivity index (χ3v) is 2.63. The summed E-state index contributed by atoms with van der Waals surface area (Å²) in [7, 11) is 0. The normalized spacial score (nSPS) is 10.4. The van der Waals surface area contributed by atoms with Gasteiger partial charge in [-0.05, 0) is 37.0 Å². The Morgan fingerprint density at radius 3 is 2.44 bits per heavy atom. The van der Waals surface area contributed by atoms with Gasteiger partial charge >= 0.3 is 0 Å². The summed E-state index contributed by atoms with van der Waals surface area (Å²) < 4.78 is 5.25. The minimum atomic E-state index is 0.158. The highest BCUT2D eigenvalue weighted by molar-refractivity contribution is 5.82. The van der Waals surface area contributed by atoms with E-state index < -0.39 is 0 Å². The molecule has 0 aliphatic carbocycles. The van der Waals surface area contributed by atoms with E-state index in [9.17, 15) is 4.79 Å². The summed E-state index contributed by atoms with van der Waals surface area (Å²) in [6, 6.07) is 6.11. The summed E-state index contributed by atoms with van der Waals surface area (Å²) in [5.41, 5.74) is 3.51. The lowest BCUT2D eigenvalue weighted by Crippen LogP contribution is -2.13. The first-order chi connectivity index (χ1) is 7.65. The Morgan fingerprint density at radius 1 is 1.25 bits per heavy atom. The monoisotopic (exact) mass is 220 g/mol. The molecule has 1 aromatic rings. The highest BCUT2D eigenvalue weighted by Crippen LogP contribution is 2.14. The number of aryl methyl sites for hydroxylation is 2. The Morgan fingerprint density at radius 2 is 1.88 bits per heavy atom. The van der Waals surface area contributed by atoms with E-state index in [0.29, 0.717) is 13.0 Å². The zero-order chi connectivity index (χ0) is 12.0. The van der Waals surface area contributed by atoms with Crippen molar-refractivity contribution < 1.29 is 9.53 Å². The molecule has 2 heteroatoms. The quantitative estimate of drug-likeness (QED) is 0.689. The Balaban J connectivity index is 2.56. The molecule has 0 N–H and O–H groups in total. The molecule has 16 heavy (non-hydrogen) atoms. The molecule has 0 heterocycles. The van der Waals surface area contributed by atoms with Crippen LogP contribution in [-0.2, 0) is 16.0 Å². The summed E-state index contributed by atoms with van der Waals surface area (Å²) in [5.74, 6) is 0.158. The van der Waals surface area contributed by atoms with Crippen LogP contribution in [0.1, 0.15) is 30.0 Å². The second-order valence-electron chi connectivity index (χ2n) is 4.14. The minimum Gasteiger partial charge on any atom is -0.374 e. The maximum Gasteiger partial charge on any atom is 0.162 e. The smallest absolute Gasteiger partial charge is 0.162 e. The van der Waals surface area contributed by atoms with Crippen molar-refractivity contribution >= 4 is 5.78 Å². The van der Waals surface area contributed by atoms with Crippen molar-refractivity contribution in [2.24, 2.45) is 0 Å². The molecular formula is C14H20O2. The van der Waals surface area contributed by atoms with E-state index in [1.165, 1.54) is 11.1 Å². The van der Waals surface area contributed by atoms with Crippen molar-refractivity contribution in [1.82, 2.24) is 0 Å². The Kier molecular flexibility index (Phi) is 5.20. The van der Waals surface area contributed by atoms with Gasteiger partial charge in [0, 0.05) is 13.0 Å². The van der Waals surface area contributed by atoms with E-state index in [2.05, 4.69) is 0 Å². The summed E-state index contributed by atoms with van der Waals surface area (Å²) in [5, 5.41) is 0. The highest BCUT2D eigenvalue weighted by Gasteiger charge is 2.08. The molecule has 0 aromatic heterocycles. The number of ketones is 1. The molecule has 0 saturated carbocycles. The predicted molar refractivity (Wildman–Crippen MR) is 65.7 cm³/mol. The van der Waals surface area contributed by atoms with Crippen molar-refractivity contribution in [3.8, 4) is 0 Å². The van der Waals surface area contributed by atoms with Gasteiger partial charge in [-0.2, -0.15) is 0 Å². The lowest BCUT2D eigenvalue weighted by Gasteiger charge is -2.08. The average Bonchev–Trinajstić information content (AvgIpc) is 2.24. The molecule has 0 saturated heterocycles. The van der Waals surface area contributed by atoms with Gasteiger partial charge in [0.25, 0.3) is 0 Å². The average molecular weight is 220 g/mol. The first kappa shape index (κ1) is 12.9. The van der Waals surface area contributed by atoms with Gasteiger partial charge in [0.1, 0.15) is 6.61 Å². The van der Waals surface area contributed by atoms with E-state index in [1.54, 1.807) is 0 Å². The Bertz CT molecular complexity index is 336. The van der Waals surface area contributed by atoms with Crippen molar-refractivity contribution in [3.05, 3.63) is 34.9 Å². The van der Waals surface area contributed by atoms with Crippen LogP contribution in [0.4, 0.5) is 0 Å². The van der Waals surface area contributed by atoms with E-state index in [0.717, 1.165) is 12.0 Å². The summed E-state index contributed by atoms with van der Waals surface area (Å²) in [4.78, 5) is 11.7. The molecule has 0 bridgehead atoms. The minimum absolute atomic E-state index is 0.158. The maximum atomic E-state index is 11.7. The first-order valence-corrected chi connectivity index (χ1v) is 5.79. The first-order valence-electron chi connectivity index (χ1n) is 5.79. The summed E-state index contributed by atoms with van der Waals surface area (Å²) >= 11 is 0. The number of ether oxygens (including phenoxy) is 1. The largest absolute Gasteiger partial charge is 0.374 e. The lowest BCUT2D eigenvalue weighted by atomic mass is 9.98. The van der Waals surface area contributed by atoms with Gasteiger partial charge in [-0.3, -0.25) is 4.79 Å². The van der Waals surface area contributed by atoms with Crippen LogP contribution < -0.4 is 0 Å². The molecule has 0 atom stereocenters. The lowest BCUT2D eigenvalue weighted by molar-refractivity contribution is -0.122. The van der Waals surface area contributed by atoms with Gasteiger partial charge in [-0.25, -0.2) is 0 Å². The van der Waals surface area contributed by atoms with Crippen LogP contribution in [0.25, 0.3) is 0 Å². The molecule has 1 rings (SSSR count). The SMILES string of the molecule is CCCOCC(=O)Cc1c(C)cccc1C. The Hall–Kier alpha value is -1.15. The Labute approximate surface area is 97.6 Å². The molecule has 88 valence electrons. The van der Waals surface area contributed by atoms with Crippen LogP contribution >= 0.6 is 0 Å². The van der Waals surface area contributed by atoms with Gasteiger partial charge < -0.3 is 4.74 Å². The number of carbonyl (C=O) groups is 1. The van der Waals surface area contributed by atoms with Gasteiger partial charge in [-0.1, -0.05) is 25.1 Å². The molecule has 1 aromatic carbocycles. The predicted octanol–water partition coefficient (Wildman–Crippen LogP) is 2.84. The molecular weight excluding hydrogens is 200 g/mol. The fourth-order valence-corrected chi connectivity index (χ4v) is 1.71. The van der Waals surface area contributed by atoms with Crippen LogP contribution in [0.3, 0.4) is 0 Å². The molecule has 0 aliphatic rings. The standard InChI is InChI=1S/C14H20O2/c1-4-8-16-10-13(15)9-14-11(2)6-5-7-12(14)3/h5-7H,4,8-10H2,1-3H3. The highest BCUT2D eigenvalue weighted by atomic mass is 16.5. The fraction of sp³-hybridized carbons (Fsp3) is 0.500. The molecule has 2 nitrogen and oxygen atoms in total.